The Morgan fingerprint density at radius 2 is 0.846 bits per heavy atom. The number of hydrogen-bond acceptors (Lipinski definition) is 3. The Kier molecular flexibility index (Phi) is 8.18. The van der Waals surface area contributed by atoms with Gasteiger partial charge in [-0.25, -0.2) is 4.98 Å². The van der Waals surface area contributed by atoms with E-state index in [2.05, 4.69) is 199 Å². The summed E-state index contributed by atoms with van der Waals surface area (Å²) in [6.45, 7) is 4.76. The summed E-state index contributed by atoms with van der Waals surface area (Å²) >= 11 is 0. The Labute approximate surface area is 376 Å². The highest BCUT2D eigenvalue weighted by molar-refractivity contribution is 6.19. The molecular weight excluding hydrogens is 791 g/mol. The van der Waals surface area contributed by atoms with Crippen LogP contribution in [0.1, 0.15) is 25.0 Å². The van der Waals surface area contributed by atoms with Gasteiger partial charge in [0.1, 0.15) is 0 Å². The first-order valence-electron chi connectivity index (χ1n) is 22.3. The molecule has 5 nitrogen and oxygen atoms in total. The van der Waals surface area contributed by atoms with Crippen LogP contribution in [0.15, 0.2) is 212 Å². The Balaban J connectivity index is 1.13. The number of para-hydroxylation sites is 2. The van der Waals surface area contributed by atoms with E-state index in [0.29, 0.717) is 17.6 Å². The van der Waals surface area contributed by atoms with Gasteiger partial charge in [0.05, 0.1) is 27.8 Å². The Morgan fingerprint density at radius 1 is 0.338 bits per heavy atom. The summed E-state index contributed by atoms with van der Waals surface area (Å²) in [4.78, 5) is 15.6. The molecule has 3 heterocycles. The van der Waals surface area contributed by atoms with Gasteiger partial charge >= 0.3 is 0 Å². The average molecular weight is 832 g/mol. The van der Waals surface area contributed by atoms with Gasteiger partial charge in [0.25, 0.3) is 0 Å². The lowest BCUT2D eigenvalue weighted by molar-refractivity contribution is 0.662. The molecule has 0 unspecified atom stereocenters. The largest absolute Gasteiger partial charge is 0.309 e. The maximum absolute atomic E-state index is 5.27. The number of fused-ring (bicyclic) bond motifs is 9. The predicted molar refractivity (Wildman–Crippen MR) is 268 cm³/mol. The molecule has 3 aromatic heterocycles. The third-order valence-electron chi connectivity index (χ3n) is 13.6. The van der Waals surface area contributed by atoms with Crippen molar-refractivity contribution in [1.29, 1.82) is 0 Å². The van der Waals surface area contributed by atoms with Crippen molar-refractivity contribution in [2.24, 2.45) is 0 Å². The molecule has 0 spiro atoms. The molecule has 0 saturated carbocycles. The SMILES string of the molecule is CC1(C)c2ccccc2-c2cccc(-c3ccc(-c4ccccc4)cc3-n3c4ccccc4c4cc5c6ccccc6n(-c6nc(-c7ccccc7)nc(-c7ccccc7)n6)c5cc43)c21. The molecule has 0 atom stereocenters. The summed E-state index contributed by atoms with van der Waals surface area (Å²) < 4.78 is 4.73. The van der Waals surface area contributed by atoms with Gasteiger partial charge in [0.15, 0.2) is 11.6 Å². The van der Waals surface area contributed by atoms with Crippen LogP contribution in [0.2, 0.25) is 0 Å². The molecule has 0 aliphatic heterocycles. The molecule has 306 valence electrons. The molecule has 9 aromatic carbocycles. The lowest BCUT2D eigenvalue weighted by Crippen LogP contribution is -2.16. The predicted octanol–water partition coefficient (Wildman–Crippen LogP) is 15.0. The van der Waals surface area contributed by atoms with E-state index in [0.717, 1.165) is 55.2 Å². The van der Waals surface area contributed by atoms with Crippen molar-refractivity contribution in [2.75, 3.05) is 0 Å². The first-order chi connectivity index (χ1) is 32.0. The van der Waals surface area contributed by atoms with Crippen molar-refractivity contribution in [2.45, 2.75) is 19.3 Å². The molecule has 12 aromatic rings. The van der Waals surface area contributed by atoms with Crippen LogP contribution in [-0.4, -0.2) is 24.1 Å². The topological polar surface area (TPSA) is 48.5 Å². The number of nitrogens with zero attached hydrogens (tertiary/aromatic N) is 5. The zero-order valence-corrected chi connectivity index (χ0v) is 35.9. The highest BCUT2D eigenvalue weighted by atomic mass is 15.2. The molecular formula is C60H41N5. The van der Waals surface area contributed by atoms with Crippen LogP contribution in [0.25, 0.3) is 111 Å². The van der Waals surface area contributed by atoms with Crippen LogP contribution in [0.3, 0.4) is 0 Å². The Hall–Kier alpha value is -8.41. The highest BCUT2D eigenvalue weighted by Crippen LogP contribution is 2.53. The minimum absolute atomic E-state index is 0.201. The van der Waals surface area contributed by atoms with E-state index in [1.165, 1.54) is 49.7 Å². The summed E-state index contributed by atoms with van der Waals surface area (Å²) in [6, 6.07) is 76.2. The maximum Gasteiger partial charge on any atom is 0.238 e. The molecule has 0 saturated heterocycles. The zero-order chi connectivity index (χ0) is 43.2. The minimum Gasteiger partial charge on any atom is -0.309 e. The van der Waals surface area contributed by atoms with Gasteiger partial charge in [0, 0.05) is 43.7 Å². The third kappa shape index (κ3) is 5.68. The monoisotopic (exact) mass is 831 g/mol. The molecule has 0 bridgehead atoms. The Morgan fingerprint density at radius 3 is 1.49 bits per heavy atom. The van der Waals surface area contributed by atoms with E-state index in [9.17, 15) is 0 Å². The van der Waals surface area contributed by atoms with E-state index >= 15 is 0 Å². The number of benzene rings is 9. The maximum atomic E-state index is 5.27. The molecule has 0 amide bonds. The number of aromatic nitrogens is 5. The third-order valence-corrected chi connectivity index (χ3v) is 13.6. The van der Waals surface area contributed by atoms with E-state index in [1.54, 1.807) is 0 Å². The second-order valence-corrected chi connectivity index (χ2v) is 17.6. The van der Waals surface area contributed by atoms with Crippen molar-refractivity contribution >= 4 is 43.6 Å². The second-order valence-electron chi connectivity index (χ2n) is 17.6. The van der Waals surface area contributed by atoms with Gasteiger partial charge in [-0.2, -0.15) is 9.97 Å². The van der Waals surface area contributed by atoms with Gasteiger partial charge in [-0.1, -0.05) is 196 Å². The fourth-order valence-corrected chi connectivity index (χ4v) is 10.6. The standard InChI is InChI=1S/C60H41N5/c1-60(2)50-30-15-12-25-42(50)46-28-18-29-47(56(46)60)45-34-33-41(38-19-6-3-7-20-38)35-53(45)64-51-31-16-13-26-43(51)48-36-49-44-27-14-17-32-52(44)65(55(49)37-54(48)64)59-62-57(39-21-8-4-9-22-39)61-58(63-59)40-23-10-5-11-24-40/h3-37H,1-2H3. The summed E-state index contributed by atoms with van der Waals surface area (Å²) in [7, 11) is 0. The van der Waals surface area contributed by atoms with Crippen molar-refractivity contribution in [1.82, 2.24) is 24.1 Å². The molecule has 1 aliphatic carbocycles. The smallest absolute Gasteiger partial charge is 0.238 e. The van der Waals surface area contributed by atoms with Gasteiger partial charge in [-0.05, 0) is 69.3 Å². The lowest BCUT2D eigenvalue weighted by Gasteiger charge is -2.26. The number of rotatable bonds is 6. The summed E-state index contributed by atoms with van der Waals surface area (Å²) in [5.41, 5.74) is 17.2. The van der Waals surface area contributed by atoms with Crippen LogP contribution in [0, 0.1) is 0 Å². The molecule has 0 fully saturated rings. The van der Waals surface area contributed by atoms with Gasteiger partial charge in [-0.15, -0.1) is 0 Å². The van der Waals surface area contributed by atoms with Gasteiger partial charge < -0.3 is 4.57 Å². The Bertz CT molecular complexity index is 3790. The van der Waals surface area contributed by atoms with E-state index in [-0.39, 0.29) is 5.41 Å². The summed E-state index contributed by atoms with van der Waals surface area (Å²) in [6.07, 6.45) is 0. The van der Waals surface area contributed by atoms with Crippen LogP contribution >= 0.6 is 0 Å². The zero-order valence-electron chi connectivity index (χ0n) is 35.9. The summed E-state index contributed by atoms with van der Waals surface area (Å²) in [5, 5.41) is 4.65. The lowest BCUT2D eigenvalue weighted by atomic mass is 9.78. The first kappa shape index (κ1) is 37.2. The van der Waals surface area contributed by atoms with Crippen molar-refractivity contribution in [3.8, 4) is 67.8 Å². The summed E-state index contributed by atoms with van der Waals surface area (Å²) in [5.74, 6) is 1.82. The quantitative estimate of drug-likeness (QED) is 0.168. The molecule has 1 aliphatic rings. The van der Waals surface area contributed by atoms with Gasteiger partial charge in [0.2, 0.25) is 5.95 Å². The molecule has 5 heteroatoms. The van der Waals surface area contributed by atoms with Crippen molar-refractivity contribution < 1.29 is 0 Å². The molecule has 65 heavy (non-hydrogen) atoms. The average Bonchev–Trinajstić information content (AvgIpc) is 3.96. The van der Waals surface area contributed by atoms with Crippen molar-refractivity contribution in [3.63, 3.8) is 0 Å². The molecule has 13 rings (SSSR count). The molecule has 0 radical (unpaired) electrons. The van der Waals surface area contributed by atoms with E-state index < -0.39 is 0 Å². The fraction of sp³-hybridized carbons (Fsp3) is 0.0500. The first-order valence-corrected chi connectivity index (χ1v) is 22.3. The number of hydrogen-bond donors (Lipinski definition) is 0. The normalized spacial score (nSPS) is 12.9. The van der Waals surface area contributed by atoms with Crippen LogP contribution < -0.4 is 0 Å². The van der Waals surface area contributed by atoms with Crippen LogP contribution in [-0.2, 0) is 5.41 Å². The van der Waals surface area contributed by atoms with Crippen LogP contribution in [0.5, 0.6) is 0 Å². The second kappa shape index (κ2) is 14.3. The molecule has 0 N–H and O–H groups in total. The van der Waals surface area contributed by atoms with Gasteiger partial charge in [-0.3, -0.25) is 4.57 Å². The minimum atomic E-state index is -0.201. The fourth-order valence-electron chi connectivity index (χ4n) is 10.6. The van der Waals surface area contributed by atoms with Crippen LogP contribution in [0.4, 0.5) is 0 Å². The highest BCUT2D eigenvalue weighted by Gasteiger charge is 2.38. The van der Waals surface area contributed by atoms with E-state index in [1.807, 2.05) is 36.4 Å². The van der Waals surface area contributed by atoms with E-state index in [4.69, 9.17) is 15.0 Å². The van der Waals surface area contributed by atoms with Crippen molar-refractivity contribution in [3.05, 3.63) is 223 Å².